The molecule has 0 aliphatic carbocycles. The number of rotatable bonds is 3. The first-order valence-corrected chi connectivity index (χ1v) is 4.69. The summed E-state index contributed by atoms with van der Waals surface area (Å²) in [6.07, 6.45) is 3.23. The van der Waals surface area contributed by atoms with Crippen molar-refractivity contribution < 1.29 is 5.11 Å². The summed E-state index contributed by atoms with van der Waals surface area (Å²) < 4.78 is 0. The van der Waals surface area contributed by atoms with Gasteiger partial charge in [0, 0.05) is 4.90 Å². The van der Waals surface area contributed by atoms with E-state index in [0.29, 0.717) is 5.75 Å². The molecule has 0 fully saturated rings. The Morgan fingerprint density at radius 2 is 2.17 bits per heavy atom. The Balaban J connectivity index is 2.72. The van der Waals surface area contributed by atoms with Crippen molar-refractivity contribution in [2.75, 3.05) is 0 Å². The minimum absolute atomic E-state index is 0.371. The summed E-state index contributed by atoms with van der Waals surface area (Å²) in [5, 5.41) is 9.47. The SMILES string of the molecule is CCCCc1ccc(S)cc1O. The van der Waals surface area contributed by atoms with Gasteiger partial charge in [0.05, 0.1) is 0 Å². The van der Waals surface area contributed by atoms with Gasteiger partial charge < -0.3 is 5.11 Å². The fraction of sp³-hybridized carbons (Fsp3) is 0.400. The van der Waals surface area contributed by atoms with Gasteiger partial charge in [-0.05, 0) is 30.5 Å². The zero-order chi connectivity index (χ0) is 8.97. The van der Waals surface area contributed by atoms with Crippen LogP contribution in [0.15, 0.2) is 23.1 Å². The van der Waals surface area contributed by atoms with Crippen LogP contribution in [0.1, 0.15) is 25.3 Å². The summed E-state index contributed by atoms with van der Waals surface area (Å²) in [7, 11) is 0. The first kappa shape index (κ1) is 9.46. The van der Waals surface area contributed by atoms with E-state index in [0.717, 1.165) is 29.7 Å². The molecule has 0 unspecified atom stereocenters. The topological polar surface area (TPSA) is 20.2 Å². The van der Waals surface area contributed by atoms with Crippen LogP contribution in [0.25, 0.3) is 0 Å². The van der Waals surface area contributed by atoms with Crippen LogP contribution in [-0.2, 0) is 6.42 Å². The summed E-state index contributed by atoms with van der Waals surface area (Å²) in [6, 6.07) is 5.54. The summed E-state index contributed by atoms with van der Waals surface area (Å²) in [5.74, 6) is 0.371. The summed E-state index contributed by atoms with van der Waals surface area (Å²) >= 11 is 4.13. The van der Waals surface area contributed by atoms with E-state index in [9.17, 15) is 5.11 Å². The Hall–Kier alpha value is -0.630. The molecular weight excluding hydrogens is 168 g/mol. The number of thiol groups is 1. The molecule has 0 aromatic heterocycles. The van der Waals surface area contributed by atoms with Gasteiger partial charge in [-0.15, -0.1) is 12.6 Å². The fourth-order valence-electron chi connectivity index (χ4n) is 1.13. The number of unbranched alkanes of at least 4 members (excludes halogenated alkanes) is 1. The van der Waals surface area contributed by atoms with Crippen LogP contribution in [-0.4, -0.2) is 5.11 Å². The minimum Gasteiger partial charge on any atom is -0.508 e. The highest BCUT2D eigenvalue weighted by Crippen LogP contribution is 2.22. The average Bonchev–Trinajstić information content (AvgIpc) is 2.03. The van der Waals surface area contributed by atoms with E-state index in [1.54, 1.807) is 6.07 Å². The van der Waals surface area contributed by atoms with E-state index >= 15 is 0 Å². The Kier molecular flexibility index (Phi) is 3.48. The summed E-state index contributed by atoms with van der Waals surface area (Å²) in [5.41, 5.74) is 1.02. The van der Waals surface area contributed by atoms with Crippen molar-refractivity contribution >= 4 is 12.6 Å². The molecule has 1 rings (SSSR count). The average molecular weight is 182 g/mol. The zero-order valence-electron chi connectivity index (χ0n) is 7.25. The fourth-order valence-corrected chi connectivity index (χ4v) is 1.33. The lowest BCUT2D eigenvalue weighted by atomic mass is 10.1. The molecule has 1 aromatic rings. The molecule has 0 spiro atoms. The second kappa shape index (κ2) is 4.41. The largest absolute Gasteiger partial charge is 0.508 e. The second-order valence-corrected chi connectivity index (χ2v) is 3.43. The molecule has 0 atom stereocenters. The maximum Gasteiger partial charge on any atom is 0.119 e. The summed E-state index contributed by atoms with van der Waals surface area (Å²) in [6.45, 7) is 2.14. The number of aromatic hydroxyl groups is 1. The van der Waals surface area contributed by atoms with Gasteiger partial charge in [0.2, 0.25) is 0 Å². The van der Waals surface area contributed by atoms with E-state index in [1.165, 1.54) is 0 Å². The van der Waals surface area contributed by atoms with Crippen molar-refractivity contribution in [3.05, 3.63) is 23.8 Å². The third-order valence-corrected chi connectivity index (χ3v) is 2.15. The highest BCUT2D eigenvalue weighted by Gasteiger charge is 1.99. The molecule has 1 N–H and O–H groups in total. The van der Waals surface area contributed by atoms with E-state index in [1.807, 2.05) is 12.1 Å². The van der Waals surface area contributed by atoms with Crippen molar-refractivity contribution in [3.63, 3.8) is 0 Å². The molecule has 0 amide bonds. The smallest absolute Gasteiger partial charge is 0.119 e. The van der Waals surface area contributed by atoms with Gasteiger partial charge in [-0.2, -0.15) is 0 Å². The molecule has 0 radical (unpaired) electrons. The van der Waals surface area contributed by atoms with Crippen LogP contribution < -0.4 is 0 Å². The van der Waals surface area contributed by atoms with Crippen LogP contribution in [0.2, 0.25) is 0 Å². The molecule has 0 saturated carbocycles. The lowest BCUT2D eigenvalue weighted by Crippen LogP contribution is -1.85. The van der Waals surface area contributed by atoms with Crippen molar-refractivity contribution in [3.8, 4) is 5.75 Å². The van der Waals surface area contributed by atoms with E-state index < -0.39 is 0 Å². The van der Waals surface area contributed by atoms with Crippen molar-refractivity contribution in [1.29, 1.82) is 0 Å². The number of hydrogen-bond acceptors (Lipinski definition) is 2. The van der Waals surface area contributed by atoms with Gasteiger partial charge in [-0.3, -0.25) is 0 Å². The molecule has 0 aliphatic rings. The van der Waals surface area contributed by atoms with Gasteiger partial charge in [0.25, 0.3) is 0 Å². The van der Waals surface area contributed by atoms with Crippen LogP contribution in [0, 0.1) is 0 Å². The molecule has 0 bridgehead atoms. The van der Waals surface area contributed by atoms with Gasteiger partial charge >= 0.3 is 0 Å². The number of benzene rings is 1. The zero-order valence-corrected chi connectivity index (χ0v) is 8.14. The number of hydrogen-bond donors (Lipinski definition) is 2. The standard InChI is InChI=1S/C10H14OS/c1-2-3-4-8-5-6-9(12)7-10(8)11/h5-7,11-12H,2-4H2,1H3. The maximum atomic E-state index is 9.47. The summed E-state index contributed by atoms with van der Waals surface area (Å²) in [4.78, 5) is 0.813. The van der Waals surface area contributed by atoms with Gasteiger partial charge in [-0.1, -0.05) is 19.4 Å². The Labute approximate surface area is 78.8 Å². The highest BCUT2D eigenvalue weighted by atomic mass is 32.1. The van der Waals surface area contributed by atoms with Gasteiger partial charge in [0.15, 0.2) is 0 Å². The van der Waals surface area contributed by atoms with E-state index in [-0.39, 0.29) is 0 Å². The molecule has 12 heavy (non-hydrogen) atoms. The number of phenols is 1. The third kappa shape index (κ3) is 2.45. The normalized spacial score (nSPS) is 10.2. The lowest BCUT2D eigenvalue weighted by Gasteiger charge is -2.03. The predicted molar refractivity (Wildman–Crippen MR) is 54.0 cm³/mol. The molecule has 0 heterocycles. The molecule has 1 aromatic carbocycles. The van der Waals surface area contributed by atoms with E-state index in [2.05, 4.69) is 19.6 Å². The minimum atomic E-state index is 0.371. The van der Waals surface area contributed by atoms with Crippen LogP contribution >= 0.6 is 12.6 Å². The highest BCUT2D eigenvalue weighted by molar-refractivity contribution is 7.80. The Morgan fingerprint density at radius 3 is 2.75 bits per heavy atom. The molecule has 0 aliphatic heterocycles. The van der Waals surface area contributed by atoms with Gasteiger partial charge in [-0.25, -0.2) is 0 Å². The number of phenolic OH excluding ortho intramolecular Hbond substituents is 1. The molecule has 2 heteroatoms. The Bertz CT molecular complexity index is 258. The molecule has 66 valence electrons. The molecule has 1 nitrogen and oxygen atoms in total. The lowest BCUT2D eigenvalue weighted by molar-refractivity contribution is 0.465. The van der Waals surface area contributed by atoms with Crippen LogP contribution in [0.4, 0.5) is 0 Å². The monoisotopic (exact) mass is 182 g/mol. The quantitative estimate of drug-likeness (QED) is 0.688. The number of aryl methyl sites for hydroxylation is 1. The van der Waals surface area contributed by atoms with Crippen LogP contribution in [0.3, 0.4) is 0 Å². The third-order valence-electron chi connectivity index (χ3n) is 1.87. The maximum absolute atomic E-state index is 9.47. The Morgan fingerprint density at radius 1 is 1.42 bits per heavy atom. The van der Waals surface area contributed by atoms with E-state index in [4.69, 9.17) is 0 Å². The molecule has 0 saturated heterocycles. The van der Waals surface area contributed by atoms with Crippen molar-refractivity contribution in [2.24, 2.45) is 0 Å². The van der Waals surface area contributed by atoms with Gasteiger partial charge in [0.1, 0.15) is 5.75 Å². The first-order valence-electron chi connectivity index (χ1n) is 4.25. The first-order chi connectivity index (χ1) is 5.74. The molecular formula is C10H14OS. The predicted octanol–water partition coefficient (Wildman–Crippen LogP) is 3.02. The van der Waals surface area contributed by atoms with Crippen molar-refractivity contribution in [2.45, 2.75) is 31.1 Å². The second-order valence-electron chi connectivity index (χ2n) is 2.92. The van der Waals surface area contributed by atoms with Crippen molar-refractivity contribution in [1.82, 2.24) is 0 Å². The van der Waals surface area contributed by atoms with Crippen LogP contribution in [0.5, 0.6) is 5.75 Å².